The van der Waals surface area contributed by atoms with Crippen LogP contribution >= 0.6 is 11.3 Å². The molecular formula is C18H18N2O2S. The molecule has 3 rings (SSSR count). The van der Waals surface area contributed by atoms with Gasteiger partial charge in [-0.15, -0.1) is 0 Å². The summed E-state index contributed by atoms with van der Waals surface area (Å²) < 4.78 is 6.27. The van der Waals surface area contributed by atoms with Crippen molar-refractivity contribution in [3.8, 4) is 5.75 Å². The molecule has 0 spiro atoms. The number of carbonyl (C=O) groups excluding carboxylic acids is 1. The first kappa shape index (κ1) is 15.5. The van der Waals surface area contributed by atoms with E-state index in [2.05, 4.69) is 29.4 Å². The first-order valence-corrected chi connectivity index (χ1v) is 8.17. The average molecular weight is 326 g/mol. The van der Waals surface area contributed by atoms with Crippen molar-refractivity contribution in [2.75, 3.05) is 12.4 Å². The number of ether oxygens (including phenoxy) is 1. The second-order valence-electron chi connectivity index (χ2n) is 5.52. The number of amides is 1. The number of hydrogen-bond acceptors (Lipinski definition) is 4. The van der Waals surface area contributed by atoms with Crippen molar-refractivity contribution in [2.45, 2.75) is 20.3 Å². The second kappa shape index (κ2) is 6.38. The number of hydrogen-bond donors (Lipinski definition) is 1. The van der Waals surface area contributed by atoms with Gasteiger partial charge in [-0.05, 0) is 48.7 Å². The Labute approximate surface area is 139 Å². The van der Waals surface area contributed by atoms with E-state index in [9.17, 15) is 4.79 Å². The average Bonchev–Trinajstić information content (AvgIpc) is 2.89. The van der Waals surface area contributed by atoms with Crippen molar-refractivity contribution in [1.29, 1.82) is 0 Å². The van der Waals surface area contributed by atoms with Gasteiger partial charge in [0.2, 0.25) is 5.91 Å². The fourth-order valence-corrected chi connectivity index (χ4v) is 3.61. The van der Waals surface area contributed by atoms with Crippen molar-refractivity contribution < 1.29 is 9.53 Å². The van der Waals surface area contributed by atoms with E-state index in [0.29, 0.717) is 11.6 Å². The van der Waals surface area contributed by atoms with Crippen molar-refractivity contribution in [3.63, 3.8) is 0 Å². The SMILES string of the molecule is COc1cccc(CC(=O)Nc2nc3c(C)cc(C)cc3s2)c1. The van der Waals surface area contributed by atoms with Gasteiger partial charge in [0.1, 0.15) is 5.75 Å². The van der Waals surface area contributed by atoms with Crippen molar-refractivity contribution in [2.24, 2.45) is 0 Å². The maximum absolute atomic E-state index is 12.2. The predicted octanol–water partition coefficient (Wildman–Crippen LogP) is 4.10. The lowest BCUT2D eigenvalue weighted by Gasteiger charge is -2.04. The molecule has 0 aliphatic heterocycles. The summed E-state index contributed by atoms with van der Waals surface area (Å²) in [6.07, 6.45) is 0.297. The highest BCUT2D eigenvalue weighted by Gasteiger charge is 2.11. The molecule has 2 aromatic carbocycles. The number of benzene rings is 2. The van der Waals surface area contributed by atoms with Crippen LogP contribution in [0.1, 0.15) is 16.7 Å². The fourth-order valence-electron chi connectivity index (χ4n) is 2.56. The maximum Gasteiger partial charge on any atom is 0.230 e. The molecule has 0 bridgehead atoms. The van der Waals surface area contributed by atoms with Gasteiger partial charge in [-0.1, -0.05) is 29.5 Å². The topological polar surface area (TPSA) is 51.2 Å². The second-order valence-corrected chi connectivity index (χ2v) is 6.55. The molecule has 4 nitrogen and oxygen atoms in total. The van der Waals surface area contributed by atoms with Crippen LogP contribution in [0.2, 0.25) is 0 Å². The number of nitrogens with one attached hydrogen (secondary N) is 1. The molecule has 0 aliphatic carbocycles. The number of carbonyl (C=O) groups is 1. The Kier molecular flexibility index (Phi) is 4.30. The lowest BCUT2D eigenvalue weighted by molar-refractivity contribution is -0.115. The van der Waals surface area contributed by atoms with Crippen LogP contribution in [0.25, 0.3) is 10.2 Å². The highest BCUT2D eigenvalue weighted by Crippen LogP contribution is 2.29. The van der Waals surface area contributed by atoms with E-state index >= 15 is 0 Å². The van der Waals surface area contributed by atoms with E-state index in [0.717, 1.165) is 27.1 Å². The number of nitrogens with zero attached hydrogens (tertiary/aromatic N) is 1. The van der Waals surface area contributed by atoms with Crippen LogP contribution < -0.4 is 10.1 Å². The molecule has 0 saturated heterocycles. The predicted molar refractivity (Wildman–Crippen MR) is 94.4 cm³/mol. The highest BCUT2D eigenvalue weighted by atomic mass is 32.1. The summed E-state index contributed by atoms with van der Waals surface area (Å²) in [6.45, 7) is 4.10. The van der Waals surface area contributed by atoms with Crippen LogP contribution in [-0.4, -0.2) is 18.0 Å². The normalized spacial score (nSPS) is 10.7. The zero-order valence-corrected chi connectivity index (χ0v) is 14.2. The summed E-state index contributed by atoms with van der Waals surface area (Å²) in [5, 5.41) is 3.53. The summed E-state index contributed by atoms with van der Waals surface area (Å²) in [7, 11) is 1.62. The molecule has 1 aromatic heterocycles. The fraction of sp³-hybridized carbons (Fsp3) is 0.222. The molecule has 0 unspecified atom stereocenters. The van der Waals surface area contributed by atoms with E-state index in [1.807, 2.05) is 31.2 Å². The van der Waals surface area contributed by atoms with Crippen molar-refractivity contribution in [1.82, 2.24) is 4.98 Å². The lowest BCUT2D eigenvalue weighted by atomic mass is 10.1. The minimum Gasteiger partial charge on any atom is -0.497 e. The quantitative estimate of drug-likeness (QED) is 0.785. The summed E-state index contributed by atoms with van der Waals surface area (Å²) in [5.41, 5.74) is 4.20. The standard InChI is InChI=1S/C18H18N2O2S/c1-11-7-12(2)17-15(8-11)23-18(20-17)19-16(21)10-13-5-4-6-14(9-13)22-3/h4-9H,10H2,1-3H3,(H,19,20,21). The Balaban J connectivity index is 1.76. The minimum absolute atomic E-state index is 0.0771. The third-order valence-corrected chi connectivity index (χ3v) is 4.49. The monoisotopic (exact) mass is 326 g/mol. The lowest BCUT2D eigenvalue weighted by Crippen LogP contribution is -2.14. The number of rotatable bonds is 4. The van der Waals surface area contributed by atoms with Crippen LogP contribution in [0.5, 0.6) is 5.75 Å². The number of methoxy groups -OCH3 is 1. The molecule has 1 heterocycles. The maximum atomic E-state index is 12.2. The first-order valence-electron chi connectivity index (χ1n) is 7.36. The van der Waals surface area contributed by atoms with Gasteiger partial charge >= 0.3 is 0 Å². The van der Waals surface area contributed by atoms with E-state index < -0.39 is 0 Å². The summed E-state index contributed by atoms with van der Waals surface area (Å²) in [6, 6.07) is 11.7. The van der Waals surface area contributed by atoms with Gasteiger partial charge in [-0.25, -0.2) is 4.98 Å². The van der Waals surface area contributed by atoms with E-state index in [-0.39, 0.29) is 5.91 Å². The smallest absolute Gasteiger partial charge is 0.230 e. The van der Waals surface area contributed by atoms with Gasteiger partial charge in [-0.3, -0.25) is 4.79 Å². The molecule has 0 saturated carbocycles. The number of anilines is 1. The zero-order valence-electron chi connectivity index (χ0n) is 13.3. The largest absolute Gasteiger partial charge is 0.497 e. The Hall–Kier alpha value is -2.40. The number of aromatic nitrogens is 1. The molecule has 118 valence electrons. The highest BCUT2D eigenvalue weighted by molar-refractivity contribution is 7.22. The van der Waals surface area contributed by atoms with Crippen LogP contribution in [0.4, 0.5) is 5.13 Å². The molecule has 3 aromatic rings. The third kappa shape index (κ3) is 3.51. The Morgan fingerprint density at radius 3 is 2.87 bits per heavy atom. The molecule has 0 aliphatic rings. The van der Waals surface area contributed by atoms with Crippen molar-refractivity contribution in [3.05, 3.63) is 53.1 Å². The van der Waals surface area contributed by atoms with Crippen LogP contribution in [-0.2, 0) is 11.2 Å². The molecule has 1 amide bonds. The van der Waals surface area contributed by atoms with E-state index in [1.54, 1.807) is 7.11 Å². The van der Waals surface area contributed by atoms with Gasteiger partial charge in [0, 0.05) is 0 Å². The molecule has 5 heteroatoms. The summed E-state index contributed by atoms with van der Waals surface area (Å²) >= 11 is 1.50. The molecule has 0 fully saturated rings. The molecule has 0 atom stereocenters. The number of aryl methyl sites for hydroxylation is 2. The summed E-state index contributed by atoms with van der Waals surface area (Å²) in [5.74, 6) is 0.674. The molecule has 0 radical (unpaired) electrons. The zero-order chi connectivity index (χ0) is 16.4. The van der Waals surface area contributed by atoms with Gasteiger partial charge in [0.15, 0.2) is 5.13 Å². The van der Waals surface area contributed by atoms with Gasteiger partial charge < -0.3 is 10.1 Å². The molecule has 23 heavy (non-hydrogen) atoms. The summed E-state index contributed by atoms with van der Waals surface area (Å²) in [4.78, 5) is 16.8. The Bertz CT molecular complexity index is 871. The number of thiazole rings is 1. The van der Waals surface area contributed by atoms with E-state index in [4.69, 9.17) is 4.74 Å². The minimum atomic E-state index is -0.0771. The third-order valence-electron chi connectivity index (χ3n) is 3.58. The van der Waals surface area contributed by atoms with E-state index in [1.165, 1.54) is 16.9 Å². The van der Waals surface area contributed by atoms with Gasteiger partial charge in [0.05, 0.1) is 23.7 Å². The van der Waals surface area contributed by atoms with Crippen LogP contribution in [0, 0.1) is 13.8 Å². The van der Waals surface area contributed by atoms with Crippen LogP contribution in [0.15, 0.2) is 36.4 Å². The van der Waals surface area contributed by atoms with Gasteiger partial charge in [0.25, 0.3) is 0 Å². The Morgan fingerprint density at radius 1 is 1.26 bits per heavy atom. The number of fused-ring (bicyclic) bond motifs is 1. The molecule has 1 N–H and O–H groups in total. The first-order chi connectivity index (χ1) is 11.0. The molecular weight excluding hydrogens is 308 g/mol. The van der Waals surface area contributed by atoms with Crippen LogP contribution in [0.3, 0.4) is 0 Å². The van der Waals surface area contributed by atoms with Gasteiger partial charge in [-0.2, -0.15) is 0 Å². The Morgan fingerprint density at radius 2 is 2.09 bits per heavy atom. The van der Waals surface area contributed by atoms with Crippen molar-refractivity contribution >= 4 is 32.6 Å².